The highest BCUT2D eigenvalue weighted by molar-refractivity contribution is 6.30. The molecule has 0 bridgehead atoms. The van der Waals surface area contributed by atoms with E-state index in [0.29, 0.717) is 25.2 Å². The van der Waals surface area contributed by atoms with Crippen LogP contribution in [0.2, 0.25) is 5.02 Å². The van der Waals surface area contributed by atoms with E-state index in [0.717, 1.165) is 29.3 Å². The molecular formula is C21H22ClN3O3. The van der Waals surface area contributed by atoms with E-state index < -0.39 is 5.76 Å². The second-order valence-electron chi connectivity index (χ2n) is 7.04. The highest BCUT2D eigenvalue weighted by Gasteiger charge is 2.22. The van der Waals surface area contributed by atoms with Crippen molar-refractivity contribution >= 4 is 34.3 Å². The minimum Gasteiger partial charge on any atom is -0.408 e. The van der Waals surface area contributed by atoms with Gasteiger partial charge in [-0.3, -0.25) is 9.36 Å². The molecule has 6 nitrogen and oxygen atoms in total. The number of fused-ring (bicyclic) bond motifs is 1. The van der Waals surface area contributed by atoms with E-state index in [1.165, 1.54) is 10.1 Å². The van der Waals surface area contributed by atoms with Gasteiger partial charge in [0.1, 0.15) is 0 Å². The van der Waals surface area contributed by atoms with Gasteiger partial charge in [-0.15, -0.1) is 0 Å². The van der Waals surface area contributed by atoms with E-state index >= 15 is 0 Å². The Morgan fingerprint density at radius 2 is 1.86 bits per heavy atom. The van der Waals surface area contributed by atoms with Crippen molar-refractivity contribution < 1.29 is 9.21 Å². The molecule has 1 saturated heterocycles. The lowest BCUT2D eigenvalue weighted by molar-refractivity contribution is -0.131. The Labute approximate surface area is 167 Å². The van der Waals surface area contributed by atoms with Crippen LogP contribution >= 0.6 is 11.6 Å². The first kappa shape index (κ1) is 18.6. The molecule has 4 rings (SSSR count). The van der Waals surface area contributed by atoms with Crippen LogP contribution in [0, 0.1) is 6.92 Å². The number of hydrogen-bond donors (Lipinski definition) is 0. The summed E-state index contributed by atoms with van der Waals surface area (Å²) < 4.78 is 6.75. The number of amides is 1. The van der Waals surface area contributed by atoms with Gasteiger partial charge in [-0.25, -0.2) is 4.79 Å². The van der Waals surface area contributed by atoms with Gasteiger partial charge in [0.15, 0.2) is 5.58 Å². The van der Waals surface area contributed by atoms with Gasteiger partial charge in [0, 0.05) is 49.9 Å². The second-order valence-corrected chi connectivity index (χ2v) is 7.47. The Hall–Kier alpha value is -2.73. The molecule has 1 aromatic heterocycles. The highest BCUT2D eigenvalue weighted by atomic mass is 35.5. The van der Waals surface area contributed by atoms with Crippen LogP contribution in [-0.4, -0.2) is 41.6 Å². The molecule has 1 aliphatic rings. The van der Waals surface area contributed by atoms with E-state index in [4.69, 9.17) is 16.0 Å². The van der Waals surface area contributed by atoms with Crippen molar-refractivity contribution in [3.63, 3.8) is 0 Å². The molecule has 2 heterocycles. The van der Waals surface area contributed by atoms with Crippen molar-refractivity contribution in [2.75, 3.05) is 31.1 Å². The van der Waals surface area contributed by atoms with Gasteiger partial charge in [-0.2, -0.15) is 0 Å². The summed E-state index contributed by atoms with van der Waals surface area (Å²) >= 11 is 6.13. The van der Waals surface area contributed by atoms with Gasteiger partial charge in [-0.1, -0.05) is 29.8 Å². The summed E-state index contributed by atoms with van der Waals surface area (Å²) in [5.41, 5.74) is 3.57. The van der Waals surface area contributed by atoms with Crippen molar-refractivity contribution in [1.82, 2.24) is 9.47 Å². The SMILES string of the molecule is Cc1ccc(Cl)cc1N1CCN(C(=O)CCn2c(=O)oc3ccccc32)CC1. The number of carbonyl (C=O) groups is 1. The van der Waals surface area contributed by atoms with Gasteiger partial charge < -0.3 is 14.2 Å². The van der Waals surface area contributed by atoms with Crippen molar-refractivity contribution in [2.24, 2.45) is 0 Å². The molecule has 1 amide bonds. The fourth-order valence-corrected chi connectivity index (χ4v) is 3.88. The zero-order chi connectivity index (χ0) is 19.7. The van der Waals surface area contributed by atoms with E-state index in [-0.39, 0.29) is 12.3 Å². The number of carbonyl (C=O) groups excluding carboxylic acids is 1. The quantitative estimate of drug-likeness (QED) is 0.675. The average Bonchev–Trinajstić information content (AvgIpc) is 3.03. The van der Waals surface area contributed by atoms with Crippen LogP contribution < -0.4 is 10.7 Å². The molecule has 0 unspecified atom stereocenters. The van der Waals surface area contributed by atoms with Crippen molar-refractivity contribution in [3.8, 4) is 0 Å². The minimum atomic E-state index is -0.421. The lowest BCUT2D eigenvalue weighted by Gasteiger charge is -2.37. The molecule has 2 aromatic carbocycles. The molecule has 146 valence electrons. The maximum absolute atomic E-state index is 12.6. The summed E-state index contributed by atoms with van der Waals surface area (Å²) in [7, 11) is 0. The maximum atomic E-state index is 12.6. The summed E-state index contributed by atoms with van der Waals surface area (Å²) in [6, 6.07) is 13.1. The highest BCUT2D eigenvalue weighted by Crippen LogP contribution is 2.25. The molecule has 0 aliphatic carbocycles. The fourth-order valence-electron chi connectivity index (χ4n) is 3.71. The number of nitrogens with zero attached hydrogens (tertiary/aromatic N) is 3. The molecule has 0 spiro atoms. The Bertz CT molecular complexity index is 1060. The maximum Gasteiger partial charge on any atom is 0.419 e. The molecule has 3 aromatic rings. The molecule has 28 heavy (non-hydrogen) atoms. The van der Waals surface area contributed by atoms with Crippen LogP contribution in [0.3, 0.4) is 0 Å². The third-order valence-corrected chi connectivity index (χ3v) is 5.50. The lowest BCUT2D eigenvalue weighted by Crippen LogP contribution is -2.49. The first-order chi connectivity index (χ1) is 13.5. The van der Waals surface area contributed by atoms with Crippen LogP contribution in [0.25, 0.3) is 11.1 Å². The smallest absolute Gasteiger partial charge is 0.408 e. The van der Waals surface area contributed by atoms with Crippen LogP contribution in [-0.2, 0) is 11.3 Å². The number of para-hydroxylation sites is 2. The zero-order valence-electron chi connectivity index (χ0n) is 15.7. The van der Waals surface area contributed by atoms with Crippen LogP contribution in [0.4, 0.5) is 5.69 Å². The number of anilines is 1. The average molecular weight is 400 g/mol. The summed E-state index contributed by atoms with van der Waals surface area (Å²) in [5, 5.41) is 0.719. The number of hydrogen-bond acceptors (Lipinski definition) is 4. The molecule has 0 saturated carbocycles. The molecule has 0 N–H and O–H groups in total. The number of halogens is 1. The zero-order valence-corrected chi connectivity index (χ0v) is 16.5. The Morgan fingerprint density at radius 3 is 2.64 bits per heavy atom. The third kappa shape index (κ3) is 3.64. The second kappa shape index (κ2) is 7.72. The predicted octanol–water partition coefficient (Wildman–Crippen LogP) is 3.30. The fraction of sp³-hybridized carbons (Fsp3) is 0.333. The lowest BCUT2D eigenvalue weighted by atomic mass is 10.1. The molecule has 7 heteroatoms. The van der Waals surface area contributed by atoms with Gasteiger partial charge in [0.25, 0.3) is 0 Å². The third-order valence-electron chi connectivity index (χ3n) is 5.27. The van der Waals surface area contributed by atoms with Gasteiger partial charge in [-0.05, 0) is 36.8 Å². The van der Waals surface area contributed by atoms with Gasteiger partial charge in [0.05, 0.1) is 5.52 Å². The van der Waals surface area contributed by atoms with E-state index in [1.807, 2.05) is 41.3 Å². The number of oxazole rings is 1. The first-order valence-corrected chi connectivity index (χ1v) is 9.78. The van der Waals surface area contributed by atoms with Gasteiger partial charge in [0.2, 0.25) is 5.91 Å². The molecule has 1 fully saturated rings. The van der Waals surface area contributed by atoms with Crippen molar-refractivity contribution in [2.45, 2.75) is 19.9 Å². The Balaban J connectivity index is 1.37. The minimum absolute atomic E-state index is 0.0552. The Morgan fingerprint density at radius 1 is 1.11 bits per heavy atom. The van der Waals surface area contributed by atoms with E-state index in [2.05, 4.69) is 11.8 Å². The number of aryl methyl sites for hydroxylation is 2. The molecule has 0 atom stereocenters. The van der Waals surface area contributed by atoms with Crippen molar-refractivity contribution in [1.29, 1.82) is 0 Å². The molecule has 0 radical (unpaired) electrons. The monoisotopic (exact) mass is 399 g/mol. The topological polar surface area (TPSA) is 58.7 Å². The normalized spacial score (nSPS) is 14.6. The molecule has 1 aliphatic heterocycles. The standard InChI is InChI=1S/C21H22ClN3O3/c1-15-6-7-16(22)14-18(15)23-10-12-24(13-11-23)20(26)8-9-25-17-4-2-3-5-19(17)28-21(25)27/h2-7,14H,8-13H2,1H3. The van der Waals surface area contributed by atoms with Crippen LogP contribution in [0.1, 0.15) is 12.0 Å². The summed E-state index contributed by atoms with van der Waals surface area (Å²) in [4.78, 5) is 28.8. The summed E-state index contributed by atoms with van der Waals surface area (Å²) in [6.07, 6.45) is 0.277. The van der Waals surface area contributed by atoms with Crippen molar-refractivity contribution in [3.05, 3.63) is 63.6 Å². The van der Waals surface area contributed by atoms with Gasteiger partial charge >= 0.3 is 5.76 Å². The Kier molecular flexibility index (Phi) is 5.13. The predicted molar refractivity (Wildman–Crippen MR) is 110 cm³/mol. The van der Waals surface area contributed by atoms with E-state index in [1.54, 1.807) is 6.07 Å². The largest absolute Gasteiger partial charge is 0.419 e. The first-order valence-electron chi connectivity index (χ1n) is 9.40. The number of piperazine rings is 1. The number of benzene rings is 2. The number of rotatable bonds is 4. The summed E-state index contributed by atoms with van der Waals surface area (Å²) in [6.45, 7) is 5.24. The van der Waals surface area contributed by atoms with Crippen LogP contribution in [0.5, 0.6) is 0 Å². The summed E-state index contributed by atoms with van der Waals surface area (Å²) in [5.74, 6) is -0.366. The van der Waals surface area contributed by atoms with Crippen LogP contribution in [0.15, 0.2) is 51.7 Å². The van der Waals surface area contributed by atoms with E-state index in [9.17, 15) is 9.59 Å². The number of aromatic nitrogens is 1. The molecular weight excluding hydrogens is 378 g/mol.